The quantitative estimate of drug-likeness (QED) is 0.322. The summed E-state index contributed by atoms with van der Waals surface area (Å²) in [4.78, 5) is 16.7. The number of halogens is 7. The number of nitriles is 1. The molecule has 0 bridgehead atoms. The highest BCUT2D eigenvalue weighted by atomic mass is 19.4. The second-order valence-corrected chi connectivity index (χ2v) is 7.72. The van der Waals surface area contributed by atoms with Crippen LogP contribution in [0.25, 0.3) is 5.69 Å². The fourth-order valence-electron chi connectivity index (χ4n) is 3.74. The Kier molecular flexibility index (Phi) is 6.75. The number of rotatable bonds is 6. The largest absolute Gasteiger partial charge is 0.435 e. The van der Waals surface area contributed by atoms with Crippen LogP contribution in [0.2, 0.25) is 0 Å². The minimum Gasteiger partial charge on any atom is -0.294 e. The van der Waals surface area contributed by atoms with Gasteiger partial charge in [0.2, 0.25) is 0 Å². The van der Waals surface area contributed by atoms with E-state index in [1.807, 2.05) is 6.07 Å². The van der Waals surface area contributed by atoms with Crippen LogP contribution in [0.3, 0.4) is 0 Å². The standard InChI is InChI=1S/C23H17F7N4O/c1-3-14-8-17(21(24,22(25,26)27)23(28,29)30)6-13(2)18(14)9-20(35)15-4-5-19(16(7-15)10-31)34-12-32-11-33-34/h4-8,11-12H,3,9H2,1-2H3. The summed E-state index contributed by atoms with van der Waals surface area (Å²) in [6.45, 7) is 2.68. The van der Waals surface area contributed by atoms with Gasteiger partial charge >= 0.3 is 18.0 Å². The number of hydrogen-bond donors (Lipinski definition) is 0. The normalized spacial score (nSPS) is 12.5. The Bertz CT molecular complexity index is 1270. The molecule has 0 aliphatic heterocycles. The van der Waals surface area contributed by atoms with Gasteiger partial charge in [0, 0.05) is 17.5 Å². The van der Waals surface area contributed by atoms with Crippen molar-refractivity contribution in [1.82, 2.24) is 14.8 Å². The summed E-state index contributed by atoms with van der Waals surface area (Å²) >= 11 is 0. The van der Waals surface area contributed by atoms with Gasteiger partial charge in [-0.3, -0.25) is 4.79 Å². The second-order valence-electron chi connectivity index (χ2n) is 7.72. The number of alkyl halides is 7. The minimum absolute atomic E-state index is 0.0244. The molecule has 0 N–H and O–H groups in total. The first-order valence-corrected chi connectivity index (χ1v) is 10.1. The van der Waals surface area contributed by atoms with Crippen molar-refractivity contribution in [3.63, 3.8) is 0 Å². The molecule has 0 atom stereocenters. The minimum atomic E-state index is -6.24. The summed E-state index contributed by atoms with van der Waals surface area (Å²) in [7, 11) is 0. The van der Waals surface area contributed by atoms with Crippen LogP contribution in [0.15, 0.2) is 43.0 Å². The van der Waals surface area contributed by atoms with Crippen LogP contribution in [-0.4, -0.2) is 32.9 Å². The SMILES string of the molecule is CCc1cc(C(F)(C(F)(F)F)C(F)(F)F)cc(C)c1CC(=O)c1ccc(-n2cncn2)c(C#N)c1. The molecule has 1 heterocycles. The van der Waals surface area contributed by atoms with Gasteiger partial charge < -0.3 is 0 Å². The van der Waals surface area contributed by atoms with Crippen LogP contribution in [-0.2, 0) is 18.5 Å². The van der Waals surface area contributed by atoms with E-state index in [2.05, 4.69) is 10.1 Å². The highest BCUT2D eigenvalue weighted by Crippen LogP contribution is 2.53. The number of aromatic nitrogens is 3. The van der Waals surface area contributed by atoms with E-state index in [0.29, 0.717) is 17.8 Å². The predicted octanol–water partition coefficient (Wildman–Crippen LogP) is 5.72. The maximum absolute atomic E-state index is 14.6. The van der Waals surface area contributed by atoms with Crippen LogP contribution in [0.4, 0.5) is 30.7 Å². The summed E-state index contributed by atoms with van der Waals surface area (Å²) < 4.78 is 95.1. The Labute approximate surface area is 194 Å². The molecule has 0 spiro atoms. The second kappa shape index (κ2) is 9.13. The zero-order valence-corrected chi connectivity index (χ0v) is 18.3. The van der Waals surface area contributed by atoms with E-state index in [1.165, 1.54) is 49.4 Å². The number of Topliss-reactive ketones (excluding diaryl/α,β-unsaturated/α-hetero) is 1. The molecule has 3 aromatic rings. The molecule has 0 aliphatic carbocycles. The molecule has 3 rings (SSSR count). The fourth-order valence-corrected chi connectivity index (χ4v) is 3.74. The van der Waals surface area contributed by atoms with E-state index < -0.39 is 29.4 Å². The van der Waals surface area contributed by atoms with Crippen molar-refractivity contribution in [2.45, 2.75) is 44.7 Å². The Morgan fingerprint density at radius 1 is 1.06 bits per heavy atom. The Balaban J connectivity index is 2.01. The van der Waals surface area contributed by atoms with Crippen molar-refractivity contribution >= 4 is 5.78 Å². The van der Waals surface area contributed by atoms with Gasteiger partial charge in [-0.2, -0.15) is 36.7 Å². The lowest BCUT2D eigenvalue weighted by molar-refractivity contribution is -0.348. The molecule has 0 saturated heterocycles. The first kappa shape index (κ1) is 25.9. The van der Waals surface area contributed by atoms with E-state index in [9.17, 15) is 40.8 Å². The predicted molar refractivity (Wildman–Crippen MR) is 110 cm³/mol. The maximum atomic E-state index is 14.6. The van der Waals surface area contributed by atoms with E-state index in [0.717, 1.165) is 0 Å². The maximum Gasteiger partial charge on any atom is 0.435 e. The van der Waals surface area contributed by atoms with Crippen LogP contribution in [0, 0.1) is 18.3 Å². The summed E-state index contributed by atoms with van der Waals surface area (Å²) in [5.41, 5.74) is -6.53. The lowest BCUT2D eigenvalue weighted by atomic mass is 9.86. The van der Waals surface area contributed by atoms with Crippen molar-refractivity contribution < 1.29 is 35.5 Å². The van der Waals surface area contributed by atoms with Gasteiger partial charge in [0.25, 0.3) is 0 Å². The number of ketones is 1. The summed E-state index contributed by atoms with van der Waals surface area (Å²) in [6.07, 6.45) is -10.3. The van der Waals surface area contributed by atoms with Crippen molar-refractivity contribution in [3.8, 4) is 11.8 Å². The van der Waals surface area contributed by atoms with Gasteiger partial charge in [-0.1, -0.05) is 19.1 Å². The summed E-state index contributed by atoms with van der Waals surface area (Å²) in [5.74, 6) is -0.532. The van der Waals surface area contributed by atoms with E-state index >= 15 is 0 Å². The fraction of sp³-hybridized carbons (Fsp3) is 0.304. The zero-order valence-electron chi connectivity index (χ0n) is 18.3. The smallest absolute Gasteiger partial charge is 0.294 e. The molecule has 35 heavy (non-hydrogen) atoms. The van der Waals surface area contributed by atoms with E-state index in [1.54, 1.807) is 0 Å². The average Bonchev–Trinajstić information content (AvgIpc) is 3.32. The van der Waals surface area contributed by atoms with Crippen molar-refractivity contribution in [1.29, 1.82) is 5.26 Å². The Hall–Kier alpha value is -3.75. The lowest BCUT2D eigenvalue weighted by Crippen LogP contribution is -2.50. The van der Waals surface area contributed by atoms with Crippen LogP contribution < -0.4 is 0 Å². The molecule has 0 fully saturated rings. The molecule has 12 heteroatoms. The number of hydrogen-bond acceptors (Lipinski definition) is 4. The molecule has 0 amide bonds. The summed E-state index contributed by atoms with van der Waals surface area (Å²) in [6, 6.07) is 7.08. The number of carbonyl (C=O) groups is 1. The molecule has 0 radical (unpaired) electrons. The highest BCUT2D eigenvalue weighted by molar-refractivity contribution is 5.98. The Morgan fingerprint density at radius 2 is 1.71 bits per heavy atom. The molecular weight excluding hydrogens is 481 g/mol. The topological polar surface area (TPSA) is 71.6 Å². The first-order valence-electron chi connectivity index (χ1n) is 10.1. The number of benzene rings is 2. The summed E-state index contributed by atoms with van der Waals surface area (Å²) in [5, 5.41) is 13.3. The first-order chi connectivity index (χ1) is 16.2. The van der Waals surface area contributed by atoms with Gasteiger partial charge in [-0.25, -0.2) is 14.1 Å². The Morgan fingerprint density at radius 3 is 2.23 bits per heavy atom. The number of aryl methyl sites for hydroxylation is 2. The van der Waals surface area contributed by atoms with Gasteiger partial charge in [0.05, 0.1) is 11.3 Å². The third-order valence-corrected chi connectivity index (χ3v) is 5.57. The van der Waals surface area contributed by atoms with Crippen LogP contribution in [0.5, 0.6) is 0 Å². The van der Waals surface area contributed by atoms with Gasteiger partial charge in [-0.05, 0) is 48.2 Å². The third kappa shape index (κ3) is 4.62. The van der Waals surface area contributed by atoms with Crippen LogP contribution >= 0.6 is 0 Å². The number of nitrogens with zero attached hydrogens (tertiary/aromatic N) is 4. The van der Waals surface area contributed by atoms with E-state index in [-0.39, 0.29) is 40.7 Å². The monoisotopic (exact) mass is 498 g/mol. The van der Waals surface area contributed by atoms with E-state index in [4.69, 9.17) is 0 Å². The molecule has 184 valence electrons. The molecule has 0 unspecified atom stereocenters. The highest BCUT2D eigenvalue weighted by Gasteiger charge is 2.73. The molecule has 0 saturated carbocycles. The van der Waals surface area contributed by atoms with Gasteiger partial charge in [-0.15, -0.1) is 0 Å². The average molecular weight is 498 g/mol. The lowest BCUT2D eigenvalue weighted by Gasteiger charge is -2.31. The van der Waals surface area contributed by atoms with Crippen molar-refractivity contribution in [2.24, 2.45) is 0 Å². The number of carbonyl (C=O) groups excluding carboxylic acids is 1. The van der Waals surface area contributed by atoms with Crippen LogP contribution in [0.1, 0.15) is 45.1 Å². The molecule has 1 aromatic heterocycles. The third-order valence-electron chi connectivity index (χ3n) is 5.57. The molecule has 5 nitrogen and oxygen atoms in total. The van der Waals surface area contributed by atoms with Gasteiger partial charge in [0.1, 0.15) is 18.7 Å². The van der Waals surface area contributed by atoms with Gasteiger partial charge in [0.15, 0.2) is 5.78 Å². The molecule has 2 aromatic carbocycles. The van der Waals surface area contributed by atoms with Crippen molar-refractivity contribution in [3.05, 3.63) is 76.4 Å². The van der Waals surface area contributed by atoms with Crippen molar-refractivity contribution in [2.75, 3.05) is 0 Å². The molecular formula is C23H17F7N4O. The zero-order chi connectivity index (χ0) is 26.2. The molecule has 0 aliphatic rings.